The maximum absolute atomic E-state index is 13.0. The van der Waals surface area contributed by atoms with Crippen molar-refractivity contribution in [1.29, 1.82) is 0 Å². The second-order valence-electron chi connectivity index (χ2n) is 10.5. The van der Waals surface area contributed by atoms with Crippen LogP contribution in [0, 0.1) is 0 Å². The van der Waals surface area contributed by atoms with Gasteiger partial charge in [-0.1, -0.05) is 0 Å². The van der Waals surface area contributed by atoms with E-state index in [1.165, 1.54) is 0 Å². The number of nitrogens with one attached hydrogen (secondary N) is 3. The molecule has 0 aliphatic heterocycles. The zero-order valence-corrected chi connectivity index (χ0v) is 24.8. The molecule has 0 fully saturated rings. The Bertz CT molecular complexity index is 911. The van der Waals surface area contributed by atoms with Crippen LogP contribution in [-0.4, -0.2) is 62.6 Å². The monoisotopic (exact) mass is 587 g/mol. The minimum absolute atomic E-state index is 0.325. The Kier molecular flexibility index (Phi) is 13.0. The number of unbranched alkanes of at least 4 members (excludes halogenated alkanes) is 1. The van der Waals surface area contributed by atoms with Crippen molar-refractivity contribution in [1.82, 2.24) is 16.0 Å². The van der Waals surface area contributed by atoms with Crippen molar-refractivity contribution >= 4 is 34.0 Å². The predicted octanol–water partition coefficient (Wildman–Crippen LogP) is 4.71. The first-order valence-electron chi connectivity index (χ1n) is 12.3. The van der Waals surface area contributed by atoms with Crippen molar-refractivity contribution in [2.75, 3.05) is 27.3 Å². The fourth-order valence-corrected chi connectivity index (χ4v) is 3.74. The lowest BCUT2D eigenvalue weighted by Gasteiger charge is -2.23. The Morgan fingerprint density at radius 3 is 2.00 bits per heavy atom. The van der Waals surface area contributed by atoms with Crippen molar-refractivity contribution in [2.45, 2.75) is 84.5 Å². The smallest absolute Gasteiger partial charge is 0.408 e. The van der Waals surface area contributed by atoms with Gasteiger partial charge >= 0.3 is 12.2 Å². The fourth-order valence-electron chi connectivity index (χ4n) is 3.26. The molecule has 0 aliphatic carbocycles. The number of hydrogen-bond donors (Lipinski definition) is 3. The molecule has 11 heteroatoms. The second kappa shape index (κ2) is 14.9. The van der Waals surface area contributed by atoms with Crippen LogP contribution < -0.4 is 25.4 Å². The van der Waals surface area contributed by atoms with Gasteiger partial charge in [0, 0.05) is 13.1 Å². The van der Waals surface area contributed by atoms with E-state index in [9.17, 15) is 14.4 Å². The molecule has 210 valence electrons. The minimum Gasteiger partial charge on any atom is -0.496 e. The van der Waals surface area contributed by atoms with E-state index in [1.807, 2.05) is 12.1 Å². The summed E-state index contributed by atoms with van der Waals surface area (Å²) < 4.78 is 22.1. The Labute approximate surface area is 228 Å². The molecule has 37 heavy (non-hydrogen) atoms. The number of benzene rings is 1. The van der Waals surface area contributed by atoms with Crippen LogP contribution in [0.5, 0.6) is 11.5 Å². The first-order valence-corrected chi connectivity index (χ1v) is 13.1. The lowest BCUT2D eigenvalue weighted by atomic mass is 10.1. The van der Waals surface area contributed by atoms with Gasteiger partial charge in [-0.2, -0.15) is 0 Å². The van der Waals surface area contributed by atoms with Crippen LogP contribution in [0.3, 0.4) is 0 Å². The second-order valence-corrected chi connectivity index (χ2v) is 11.3. The summed E-state index contributed by atoms with van der Waals surface area (Å²) in [5, 5.41) is 8.24. The SMILES string of the molecule is COc1cc(CCNC(=O)[C@H](CCCCNC(=O)OC(C)(C)C)NC(=O)OC(C)(C)C)c(OC)cc1Br. The van der Waals surface area contributed by atoms with E-state index in [0.29, 0.717) is 50.3 Å². The lowest BCUT2D eigenvalue weighted by molar-refractivity contribution is -0.123. The molecule has 0 aromatic heterocycles. The number of methoxy groups -OCH3 is 2. The van der Waals surface area contributed by atoms with Gasteiger partial charge in [-0.25, -0.2) is 9.59 Å². The minimum atomic E-state index is -0.794. The van der Waals surface area contributed by atoms with Crippen LogP contribution in [0.25, 0.3) is 0 Å². The van der Waals surface area contributed by atoms with Crippen LogP contribution in [0.1, 0.15) is 66.4 Å². The highest BCUT2D eigenvalue weighted by molar-refractivity contribution is 9.10. The largest absolute Gasteiger partial charge is 0.496 e. The molecule has 3 amide bonds. The fraction of sp³-hybridized carbons (Fsp3) is 0.654. The number of rotatable bonds is 12. The van der Waals surface area contributed by atoms with Crippen LogP contribution in [-0.2, 0) is 20.7 Å². The zero-order chi connectivity index (χ0) is 28.2. The third-order valence-corrected chi connectivity index (χ3v) is 5.46. The van der Waals surface area contributed by atoms with Crippen molar-refractivity contribution in [3.05, 3.63) is 22.2 Å². The molecule has 0 aliphatic rings. The van der Waals surface area contributed by atoms with E-state index in [0.717, 1.165) is 10.0 Å². The summed E-state index contributed by atoms with van der Waals surface area (Å²) in [4.78, 5) is 37.1. The van der Waals surface area contributed by atoms with Gasteiger partial charge in [0.1, 0.15) is 28.7 Å². The molecule has 1 rings (SSSR count). The van der Waals surface area contributed by atoms with Gasteiger partial charge in [-0.15, -0.1) is 0 Å². The van der Waals surface area contributed by atoms with E-state index in [1.54, 1.807) is 55.8 Å². The first kappa shape index (κ1) is 32.3. The predicted molar refractivity (Wildman–Crippen MR) is 145 cm³/mol. The van der Waals surface area contributed by atoms with Crippen LogP contribution >= 0.6 is 15.9 Å². The molecule has 0 saturated heterocycles. The topological polar surface area (TPSA) is 124 Å². The average molecular weight is 589 g/mol. The van der Waals surface area contributed by atoms with Crippen LogP contribution in [0.4, 0.5) is 9.59 Å². The molecule has 0 radical (unpaired) electrons. The number of ether oxygens (including phenoxy) is 4. The number of halogens is 1. The molecule has 10 nitrogen and oxygen atoms in total. The van der Waals surface area contributed by atoms with E-state index >= 15 is 0 Å². The standard InChI is InChI=1S/C26H42BrN3O7/c1-25(2,3)36-23(32)29-13-10-9-11-19(30-24(33)37-26(4,5)6)22(31)28-14-12-17-15-21(35-8)18(27)16-20(17)34-7/h15-16,19H,9-14H2,1-8H3,(H,28,31)(H,29,32)(H,30,33)/t19-/m0/s1. The third-order valence-electron chi connectivity index (χ3n) is 4.84. The molecule has 1 aromatic carbocycles. The van der Waals surface area contributed by atoms with E-state index < -0.39 is 29.4 Å². The van der Waals surface area contributed by atoms with Crippen LogP contribution in [0.2, 0.25) is 0 Å². The Morgan fingerprint density at radius 2 is 1.43 bits per heavy atom. The van der Waals surface area contributed by atoms with Crippen LogP contribution in [0.15, 0.2) is 16.6 Å². The highest BCUT2D eigenvalue weighted by atomic mass is 79.9. The van der Waals surface area contributed by atoms with Gasteiger partial charge < -0.3 is 34.9 Å². The maximum Gasteiger partial charge on any atom is 0.408 e. The molecule has 0 spiro atoms. The quantitative estimate of drug-likeness (QED) is 0.302. The molecule has 1 atom stereocenters. The molecule has 0 bridgehead atoms. The Morgan fingerprint density at radius 1 is 0.838 bits per heavy atom. The molecule has 0 heterocycles. The van der Waals surface area contributed by atoms with E-state index in [4.69, 9.17) is 18.9 Å². The molecule has 1 aromatic rings. The summed E-state index contributed by atoms with van der Waals surface area (Å²) in [6, 6.07) is 2.87. The molecule has 0 saturated carbocycles. The molecular formula is C26H42BrN3O7. The van der Waals surface area contributed by atoms with Gasteiger partial charge in [0.05, 0.1) is 18.7 Å². The highest BCUT2D eigenvalue weighted by Crippen LogP contribution is 2.32. The molecular weight excluding hydrogens is 546 g/mol. The van der Waals surface area contributed by atoms with E-state index in [-0.39, 0.29) is 5.91 Å². The summed E-state index contributed by atoms with van der Waals surface area (Å²) in [5.74, 6) is 1.00. The number of carbonyl (C=O) groups is 3. The van der Waals surface area contributed by atoms with Gasteiger partial charge in [-0.05, 0) is 101 Å². The number of amides is 3. The zero-order valence-electron chi connectivity index (χ0n) is 23.2. The van der Waals surface area contributed by atoms with Crippen molar-refractivity contribution in [3.8, 4) is 11.5 Å². The summed E-state index contributed by atoms with van der Waals surface area (Å²) >= 11 is 3.43. The molecule has 3 N–H and O–H groups in total. The van der Waals surface area contributed by atoms with Crippen molar-refractivity contribution in [3.63, 3.8) is 0 Å². The van der Waals surface area contributed by atoms with E-state index in [2.05, 4.69) is 31.9 Å². The van der Waals surface area contributed by atoms with Gasteiger partial charge in [-0.3, -0.25) is 4.79 Å². The number of hydrogen-bond acceptors (Lipinski definition) is 7. The summed E-state index contributed by atoms with van der Waals surface area (Å²) in [6.45, 7) is 11.4. The first-order chi connectivity index (χ1) is 17.1. The summed E-state index contributed by atoms with van der Waals surface area (Å²) in [6.07, 6.45) is 0.900. The van der Waals surface area contributed by atoms with Gasteiger partial charge in [0.2, 0.25) is 5.91 Å². The number of carbonyl (C=O) groups excluding carboxylic acids is 3. The third kappa shape index (κ3) is 13.4. The van der Waals surface area contributed by atoms with Crippen molar-refractivity contribution in [2.24, 2.45) is 0 Å². The average Bonchev–Trinajstić information content (AvgIpc) is 2.76. The Hall–Kier alpha value is -2.69. The van der Waals surface area contributed by atoms with Gasteiger partial charge in [0.25, 0.3) is 0 Å². The summed E-state index contributed by atoms with van der Waals surface area (Å²) in [5.41, 5.74) is -0.400. The highest BCUT2D eigenvalue weighted by Gasteiger charge is 2.24. The van der Waals surface area contributed by atoms with Gasteiger partial charge in [0.15, 0.2) is 0 Å². The maximum atomic E-state index is 13.0. The normalized spacial score (nSPS) is 12.2. The Balaban J connectivity index is 2.71. The number of alkyl carbamates (subject to hydrolysis) is 2. The molecule has 0 unspecified atom stereocenters. The summed E-state index contributed by atoms with van der Waals surface area (Å²) in [7, 11) is 3.16. The van der Waals surface area contributed by atoms with Crippen molar-refractivity contribution < 1.29 is 33.3 Å². The lowest BCUT2D eigenvalue weighted by Crippen LogP contribution is -2.48.